The average molecular weight is 276 g/mol. The number of fused-ring (bicyclic) bond motifs is 1. The molecule has 0 saturated carbocycles. The summed E-state index contributed by atoms with van der Waals surface area (Å²) in [4.78, 5) is 4.23. The molecule has 0 aliphatic carbocycles. The summed E-state index contributed by atoms with van der Waals surface area (Å²) in [5, 5.41) is 0.449. The van der Waals surface area contributed by atoms with E-state index in [9.17, 15) is 4.39 Å². The Labute approximate surface area is 114 Å². The number of rotatable bonds is 1. The van der Waals surface area contributed by atoms with Crippen molar-refractivity contribution in [2.24, 2.45) is 0 Å². The lowest BCUT2D eigenvalue weighted by Gasteiger charge is -2.08. The van der Waals surface area contributed by atoms with Gasteiger partial charge in [-0.1, -0.05) is 17.7 Å². The number of aryl methyl sites for hydroxylation is 1. The number of aromatic nitrogens is 2. The number of benzene rings is 2. The van der Waals surface area contributed by atoms with E-state index in [2.05, 4.69) is 4.98 Å². The van der Waals surface area contributed by atoms with Crippen LogP contribution in [0.4, 0.5) is 10.3 Å². The molecule has 0 amide bonds. The van der Waals surface area contributed by atoms with Gasteiger partial charge in [0.1, 0.15) is 5.82 Å². The van der Waals surface area contributed by atoms with E-state index in [-0.39, 0.29) is 5.95 Å². The van der Waals surface area contributed by atoms with Crippen molar-refractivity contribution in [2.75, 3.05) is 5.73 Å². The first-order chi connectivity index (χ1) is 9.06. The monoisotopic (exact) mass is 275 g/mol. The van der Waals surface area contributed by atoms with Crippen LogP contribution in [-0.4, -0.2) is 9.55 Å². The molecule has 3 aromatic rings. The van der Waals surface area contributed by atoms with Gasteiger partial charge in [-0.05, 0) is 42.8 Å². The molecule has 1 aromatic heterocycles. The van der Waals surface area contributed by atoms with Crippen molar-refractivity contribution in [2.45, 2.75) is 6.92 Å². The van der Waals surface area contributed by atoms with Crippen molar-refractivity contribution in [1.29, 1.82) is 0 Å². The Hall–Kier alpha value is -2.07. The van der Waals surface area contributed by atoms with Crippen molar-refractivity contribution < 1.29 is 4.39 Å². The number of anilines is 1. The fraction of sp³-hybridized carbons (Fsp3) is 0.0714. The molecule has 0 atom stereocenters. The first kappa shape index (κ1) is 12.0. The van der Waals surface area contributed by atoms with E-state index in [0.29, 0.717) is 10.7 Å². The first-order valence-corrected chi connectivity index (χ1v) is 6.14. The first-order valence-electron chi connectivity index (χ1n) is 5.76. The number of nitrogens with two attached hydrogens (primary N) is 1. The number of hydrogen-bond donors (Lipinski definition) is 1. The Kier molecular flexibility index (Phi) is 2.68. The van der Waals surface area contributed by atoms with Gasteiger partial charge in [-0.25, -0.2) is 9.37 Å². The van der Waals surface area contributed by atoms with Gasteiger partial charge in [0.15, 0.2) is 0 Å². The Morgan fingerprint density at radius 3 is 2.79 bits per heavy atom. The molecule has 0 unspecified atom stereocenters. The van der Waals surface area contributed by atoms with E-state index < -0.39 is 5.82 Å². The van der Waals surface area contributed by atoms with Gasteiger partial charge in [-0.3, -0.25) is 4.57 Å². The minimum absolute atomic E-state index is 0.238. The molecule has 0 bridgehead atoms. The van der Waals surface area contributed by atoms with E-state index >= 15 is 0 Å². The SMILES string of the molecule is Cc1ccc2nc(N)n(-c3cc(Cl)ccc3F)c2c1. The largest absolute Gasteiger partial charge is 0.369 e. The Morgan fingerprint density at radius 1 is 1.21 bits per heavy atom. The van der Waals surface area contributed by atoms with Crippen LogP contribution in [0.3, 0.4) is 0 Å². The topological polar surface area (TPSA) is 43.8 Å². The second-order valence-electron chi connectivity index (χ2n) is 4.39. The molecule has 96 valence electrons. The Morgan fingerprint density at radius 2 is 2.00 bits per heavy atom. The quantitative estimate of drug-likeness (QED) is 0.736. The zero-order chi connectivity index (χ0) is 13.6. The number of halogens is 2. The third-order valence-electron chi connectivity index (χ3n) is 2.99. The van der Waals surface area contributed by atoms with Crippen LogP contribution in [0.25, 0.3) is 16.7 Å². The predicted octanol–water partition coefficient (Wildman–Crippen LogP) is 3.71. The fourth-order valence-corrected chi connectivity index (χ4v) is 2.28. The van der Waals surface area contributed by atoms with E-state index in [1.54, 1.807) is 4.57 Å². The molecule has 2 aromatic carbocycles. The summed E-state index contributed by atoms with van der Waals surface area (Å²) in [5.74, 6) is -0.154. The molecule has 0 aliphatic heterocycles. The molecule has 1 heterocycles. The van der Waals surface area contributed by atoms with E-state index in [1.807, 2.05) is 25.1 Å². The number of imidazole rings is 1. The summed E-state index contributed by atoms with van der Waals surface area (Å²) in [7, 11) is 0. The summed E-state index contributed by atoms with van der Waals surface area (Å²) >= 11 is 5.93. The molecule has 3 nitrogen and oxygen atoms in total. The van der Waals surface area contributed by atoms with Crippen LogP contribution < -0.4 is 5.73 Å². The summed E-state index contributed by atoms with van der Waals surface area (Å²) < 4.78 is 15.6. The standard InChI is InChI=1S/C14H11ClFN3/c1-8-2-5-11-13(6-8)19(14(17)18-11)12-7-9(15)3-4-10(12)16/h2-7H,1H3,(H2,17,18). The van der Waals surface area contributed by atoms with Crippen LogP contribution in [0.2, 0.25) is 5.02 Å². The molecule has 0 aliphatic rings. The van der Waals surface area contributed by atoms with Crippen LogP contribution >= 0.6 is 11.6 Å². The average Bonchev–Trinajstić information content (AvgIpc) is 2.68. The molecule has 19 heavy (non-hydrogen) atoms. The number of hydrogen-bond acceptors (Lipinski definition) is 2. The van der Waals surface area contributed by atoms with Gasteiger partial charge in [0.2, 0.25) is 5.95 Å². The predicted molar refractivity (Wildman–Crippen MR) is 75.2 cm³/mol. The van der Waals surface area contributed by atoms with Crippen molar-refractivity contribution in [3.05, 3.63) is 52.8 Å². The Bertz CT molecular complexity index is 780. The van der Waals surface area contributed by atoms with Crippen LogP contribution in [0.15, 0.2) is 36.4 Å². The van der Waals surface area contributed by atoms with Crippen LogP contribution in [-0.2, 0) is 0 Å². The van der Waals surface area contributed by atoms with Gasteiger partial charge >= 0.3 is 0 Å². The number of nitrogens with zero attached hydrogens (tertiary/aromatic N) is 2. The highest BCUT2D eigenvalue weighted by molar-refractivity contribution is 6.30. The van der Waals surface area contributed by atoms with Crippen LogP contribution in [0.1, 0.15) is 5.56 Å². The number of nitrogen functional groups attached to an aromatic ring is 1. The Balaban J connectivity index is 2.38. The molecule has 0 radical (unpaired) electrons. The van der Waals surface area contributed by atoms with Crippen molar-refractivity contribution >= 4 is 28.6 Å². The molecule has 5 heteroatoms. The smallest absolute Gasteiger partial charge is 0.206 e. The van der Waals surface area contributed by atoms with Crippen LogP contribution in [0.5, 0.6) is 0 Å². The van der Waals surface area contributed by atoms with Gasteiger partial charge in [-0.15, -0.1) is 0 Å². The van der Waals surface area contributed by atoms with E-state index in [1.165, 1.54) is 18.2 Å². The molecule has 0 spiro atoms. The third kappa shape index (κ3) is 1.94. The summed E-state index contributed by atoms with van der Waals surface area (Å²) in [6.07, 6.45) is 0. The zero-order valence-corrected chi connectivity index (χ0v) is 10.9. The highest BCUT2D eigenvalue weighted by atomic mass is 35.5. The molecule has 3 rings (SSSR count). The normalized spacial score (nSPS) is 11.1. The van der Waals surface area contributed by atoms with Gasteiger partial charge in [0.05, 0.1) is 16.7 Å². The molecule has 0 saturated heterocycles. The minimum Gasteiger partial charge on any atom is -0.369 e. The van der Waals surface area contributed by atoms with E-state index in [0.717, 1.165) is 16.6 Å². The molecular weight excluding hydrogens is 265 g/mol. The summed E-state index contributed by atoms with van der Waals surface area (Å²) in [6.45, 7) is 1.96. The third-order valence-corrected chi connectivity index (χ3v) is 3.22. The van der Waals surface area contributed by atoms with Gasteiger partial charge in [-0.2, -0.15) is 0 Å². The van der Waals surface area contributed by atoms with Crippen molar-refractivity contribution in [1.82, 2.24) is 9.55 Å². The van der Waals surface area contributed by atoms with Crippen molar-refractivity contribution in [3.8, 4) is 5.69 Å². The van der Waals surface area contributed by atoms with Gasteiger partial charge in [0.25, 0.3) is 0 Å². The molecular formula is C14H11ClFN3. The van der Waals surface area contributed by atoms with E-state index in [4.69, 9.17) is 17.3 Å². The molecule has 2 N–H and O–H groups in total. The zero-order valence-electron chi connectivity index (χ0n) is 10.2. The van der Waals surface area contributed by atoms with Gasteiger partial charge in [0, 0.05) is 5.02 Å². The lowest BCUT2D eigenvalue weighted by atomic mass is 10.2. The highest BCUT2D eigenvalue weighted by Crippen LogP contribution is 2.27. The minimum atomic E-state index is -0.392. The second-order valence-corrected chi connectivity index (χ2v) is 4.83. The van der Waals surface area contributed by atoms with Gasteiger partial charge < -0.3 is 5.73 Å². The summed E-state index contributed by atoms with van der Waals surface area (Å²) in [5.41, 5.74) is 8.74. The fourth-order valence-electron chi connectivity index (χ4n) is 2.11. The lowest BCUT2D eigenvalue weighted by molar-refractivity contribution is 0.620. The highest BCUT2D eigenvalue weighted by Gasteiger charge is 2.13. The maximum Gasteiger partial charge on any atom is 0.206 e. The maximum atomic E-state index is 14.0. The maximum absolute atomic E-state index is 14.0. The molecule has 0 fully saturated rings. The summed E-state index contributed by atoms with van der Waals surface area (Å²) in [6, 6.07) is 10.1. The van der Waals surface area contributed by atoms with Crippen molar-refractivity contribution in [3.63, 3.8) is 0 Å². The lowest BCUT2D eigenvalue weighted by Crippen LogP contribution is -2.03. The van der Waals surface area contributed by atoms with Crippen LogP contribution in [0, 0.1) is 12.7 Å². The second kappa shape index (κ2) is 4.24.